The number of rotatable bonds is 6. The quantitative estimate of drug-likeness (QED) is 0.622. The zero-order valence-corrected chi connectivity index (χ0v) is 18.0. The van der Waals surface area contributed by atoms with Crippen molar-refractivity contribution in [3.8, 4) is 5.69 Å². The summed E-state index contributed by atoms with van der Waals surface area (Å²) in [6.45, 7) is 2.74. The molecule has 0 radical (unpaired) electrons. The van der Waals surface area contributed by atoms with Crippen LogP contribution in [-0.4, -0.2) is 70.7 Å². The maximum absolute atomic E-state index is 13.2. The van der Waals surface area contributed by atoms with E-state index in [0.29, 0.717) is 38.2 Å². The third-order valence-electron chi connectivity index (χ3n) is 5.28. The SMILES string of the molecule is CCOC(=O)C1CCN(C(=O)CN(C)C(=O)c2ccc(=O)n(-c3ccc(F)cc3)n2)CC1. The van der Waals surface area contributed by atoms with Crippen LogP contribution in [0.25, 0.3) is 5.69 Å². The van der Waals surface area contributed by atoms with E-state index in [0.717, 1.165) is 4.68 Å². The van der Waals surface area contributed by atoms with E-state index in [-0.39, 0.29) is 30.0 Å². The Hall–Kier alpha value is -3.56. The van der Waals surface area contributed by atoms with Crippen LogP contribution in [0.5, 0.6) is 0 Å². The highest BCUT2D eigenvalue weighted by molar-refractivity contribution is 5.94. The van der Waals surface area contributed by atoms with Gasteiger partial charge in [-0.1, -0.05) is 0 Å². The molecule has 32 heavy (non-hydrogen) atoms. The third kappa shape index (κ3) is 5.37. The van der Waals surface area contributed by atoms with Gasteiger partial charge in [-0.05, 0) is 50.1 Å². The molecule has 170 valence electrons. The fourth-order valence-electron chi connectivity index (χ4n) is 3.49. The van der Waals surface area contributed by atoms with Crippen LogP contribution in [0.15, 0.2) is 41.2 Å². The molecule has 1 aliphatic rings. The summed E-state index contributed by atoms with van der Waals surface area (Å²) < 4.78 is 19.2. The van der Waals surface area contributed by atoms with E-state index in [1.165, 1.54) is 48.3 Å². The van der Waals surface area contributed by atoms with E-state index in [1.807, 2.05) is 0 Å². The van der Waals surface area contributed by atoms with Gasteiger partial charge in [0.05, 0.1) is 24.8 Å². The van der Waals surface area contributed by atoms with Gasteiger partial charge in [-0.2, -0.15) is 9.78 Å². The minimum atomic E-state index is -0.532. The first kappa shape index (κ1) is 23.1. The van der Waals surface area contributed by atoms with Crippen LogP contribution < -0.4 is 5.56 Å². The highest BCUT2D eigenvalue weighted by Crippen LogP contribution is 2.19. The average molecular weight is 444 g/mol. The van der Waals surface area contributed by atoms with Gasteiger partial charge >= 0.3 is 5.97 Å². The van der Waals surface area contributed by atoms with Crippen molar-refractivity contribution in [3.05, 3.63) is 58.3 Å². The van der Waals surface area contributed by atoms with E-state index in [1.54, 1.807) is 11.8 Å². The summed E-state index contributed by atoms with van der Waals surface area (Å²) in [4.78, 5) is 52.2. The molecule has 1 aromatic heterocycles. The number of carbonyl (C=O) groups is 3. The van der Waals surface area contributed by atoms with Gasteiger partial charge in [0.15, 0.2) is 0 Å². The van der Waals surface area contributed by atoms with E-state index in [4.69, 9.17) is 4.74 Å². The fraction of sp³-hybridized carbons (Fsp3) is 0.409. The van der Waals surface area contributed by atoms with Gasteiger partial charge in [-0.25, -0.2) is 4.39 Å². The second-order valence-electron chi connectivity index (χ2n) is 7.51. The fourth-order valence-corrected chi connectivity index (χ4v) is 3.49. The van der Waals surface area contributed by atoms with Crippen molar-refractivity contribution in [3.63, 3.8) is 0 Å². The lowest BCUT2D eigenvalue weighted by molar-refractivity contribution is -0.151. The molecule has 0 N–H and O–H groups in total. The lowest BCUT2D eigenvalue weighted by Crippen LogP contribution is -2.46. The maximum Gasteiger partial charge on any atom is 0.309 e. The topological polar surface area (TPSA) is 102 Å². The second-order valence-corrected chi connectivity index (χ2v) is 7.51. The first-order valence-corrected chi connectivity index (χ1v) is 10.4. The molecule has 0 aliphatic carbocycles. The first-order chi connectivity index (χ1) is 15.3. The molecular weight excluding hydrogens is 419 g/mol. The summed E-state index contributed by atoms with van der Waals surface area (Å²) in [6, 6.07) is 7.62. The summed E-state index contributed by atoms with van der Waals surface area (Å²) in [5.41, 5.74) is -0.184. The van der Waals surface area contributed by atoms with Gasteiger partial charge in [0, 0.05) is 26.2 Å². The number of halogens is 1. The van der Waals surface area contributed by atoms with Crippen LogP contribution in [0.3, 0.4) is 0 Å². The standard InChI is InChI=1S/C22H25FN4O5/c1-3-32-22(31)15-10-12-26(13-11-15)20(29)14-25(2)21(30)18-8-9-19(28)27(24-18)17-6-4-16(23)5-7-17/h4-9,15H,3,10-14H2,1-2H3. The van der Waals surface area contributed by atoms with Crippen molar-refractivity contribution in [1.82, 2.24) is 19.6 Å². The second kappa shape index (κ2) is 10.2. The predicted molar refractivity (Wildman–Crippen MR) is 113 cm³/mol. The summed E-state index contributed by atoms with van der Waals surface area (Å²) in [6.07, 6.45) is 1.04. The van der Waals surface area contributed by atoms with Crippen molar-refractivity contribution in [2.24, 2.45) is 5.92 Å². The molecule has 2 amide bonds. The van der Waals surface area contributed by atoms with Gasteiger partial charge in [0.1, 0.15) is 11.5 Å². The van der Waals surface area contributed by atoms with Crippen molar-refractivity contribution in [2.75, 3.05) is 33.3 Å². The van der Waals surface area contributed by atoms with Crippen molar-refractivity contribution >= 4 is 17.8 Å². The molecule has 0 atom stereocenters. The summed E-state index contributed by atoms with van der Waals surface area (Å²) >= 11 is 0. The molecule has 1 aliphatic heterocycles. The highest BCUT2D eigenvalue weighted by Gasteiger charge is 2.29. The number of esters is 1. The van der Waals surface area contributed by atoms with Crippen LogP contribution in [0.1, 0.15) is 30.3 Å². The Labute approximate surface area is 184 Å². The smallest absolute Gasteiger partial charge is 0.309 e. The highest BCUT2D eigenvalue weighted by atomic mass is 19.1. The molecular formula is C22H25FN4O5. The van der Waals surface area contributed by atoms with Gasteiger partial charge in [-0.3, -0.25) is 19.2 Å². The monoisotopic (exact) mass is 444 g/mol. The molecule has 2 aromatic rings. The molecule has 0 unspecified atom stereocenters. The van der Waals surface area contributed by atoms with Crippen LogP contribution in [-0.2, 0) is 14.3 Å². The lowest BCUT2D eigenvalue weighted by Gasteiger charge is -2.32. The van der Waals surface area contributed by atoms with Crippen LogP contribution in [0.4, 0.5) is 4.39 Å². The Balaban J connectivity index is 1.63. The molecule has 10 heteroatoms. The molecule has 1 aromatic carbocycles. The number of hydrogen-bond acceptors (Lipinski definition) is 6. The molecule has 9 nitrogen and oxygen atoms in total. The Bertz CT molecular complexity index is 1050. The maximum atomic E-state index is 13.2. The van der Waals surface area contributed by atoms with E-state index >= 15 is 0 Å². The summed E-state index contributed by atoms with van der Waals surface area (Å²) in [5.74, 6) is -1.69. The van der Waals surface area contributed by atoms with Gasteiger partial charge in [0.25, 0.3) is 11.5 Å². The Morgan fingerprint density at radius 3 is 2.41 bits per heavy atom. The van der Waals surface area contributed by atoms with Crippen molar-refractivity contribution in [1.29, 1.82) is 0 Å². The largest absolute Gasteiger partial charge is 0.466 e. The van der Waals surface area contributed by atoms with Gasteiger partial charge < -0.3 is 14.5 Å². The molecule has 0 saturated carbocycles. The van der Waals surface area contributed by atoms with Crippen molar-refractivity contribution in [2.45, 2.75) is 19.8 Å². The minimum absolute atomic E-state index is 0.0229. The number of piperidine rings is 1. The minimum Gasteiger partial charge on any atom is -0.466 e. The normalized spacial score (nSPS) is 14.2. The molecule has 1 fully saturated rings. The Kier molecular flexibility index (Phi) is 7.34. The number of amides is 2. The van der Waals surface area contributed by atoms with E-state index in [9.17, 15) is 23.6 Å². The molecule has 3 rings (SSSR count). The average Bonchev–Trinajstić information content (AvgIpc) is 2.79. The third-order valence-corrected chi connectivity index (χ3v) is 5.28. The van der Waals surface area contributed by atoms with Crippen molar-refractivity contribution < 1.29 is 23.5 Å². The molecule has 1 saturated heterocycles. The van der Waals surface area contributed by atoms with E-state index < -0.39 is 17.3 Å². The van der Waals surface area contributed by atoms with E-state index in [2.05, 4.69) is 5.10 Å². The predicted octanol–water partition coefficient (Wildman–Crippen LogP) is 1.25. The van der Waals surface area contributed by atoms with Gasteiger partial charge in [0.2, 0.25) is 5.91 Å². The Morgan fingerprint density at radius 2 is 1.78 bits per heavy atom. The molecule has 0 bridgehead atoms. The molecule has 2 heterocycles. The zero-order valence-electron chi connectivity index (χ0n) is 18.0. The van der Waals surface area contributed by atoms with Crippen LogP contribution in [0, 0.1) is 11.7 Å². The lowest BCUT2D eigenvalue weighted by atomic mass is 9.97. The van der Waals surface area contributed by atoms with Gasteiger partial charge in [-0.15, -0.1) is 0 Å². The number of likely N-dealkylation sites (tertiary alicyclic amines) is 1. The Morgan fingerprint density at radius 1 is 1.12 bits per heavy atom. The number of aromatic nitrogens is 2. The number of ether oxygens (including phenoxy) is 1. The number of benzene rings is 1. The van der Waals surface area contributed by atoms with Crippen LogP contribution >= 0.6 is 0 Å². The molecule has 0 spiro atoms. The summed E-state index contributed by atoms with van der Waals surface area (Å²) in [5, 5.41) is 4.07. The number of carbonyl (C=O) groups excluding carboxylic acids is 3. The zero-order chi connectivity index (χ0) is 23.3. The summed E-state index contributed by atoms with van der Waals surface area (Å²) in [7, 11) is 1.47. The number of nitrogens with zero attached hydrogens (tertiary/aromatic N) is 4. The number of hydrogen-bond donors (Lipinski definition) is 0. The van der Waals surface area contributed by atoms with Crippen LogP contribution in [0.2, 0.25) is 0 Å². The number of likely N-dealkylation sites (N-methyl/N-ethyl adjacent to an activating group) is 1. The first-order valence-electron chi connectivity index (χ1n) is 10.4.